The fourth-order valence-electron chi connectivity index (χ4n) is 7.18. The van der Waals surface area contributed by atoms with Gasteiger partial charge < -0.3 is 4.23 Å². The highest BCUT2D eigenvalue weighted by molar-refractivity contribution is 7.03. The van der Waals surface area contributed by atoms with Crippen LogP contribution in [0.15, 0.2) is 158 Å². The predicted octanol–water partition coefficient (Wildman–Crippen LogP) is 7.75. The van der Waals surface area contributed by atoms with Gasteiger partial charge in [0.25, 0.3) is 0 Å². The first-order chi connectivity index (χ1) is 19.4. The molecule has 1 aliphatic rings. The summed E-state index contributed by atoms with van der Waals surface area (Å²) < 4.78 is 2.78. The van der Waals surface area contributed by atoms with E-state index in [2.05, 4.69) is 162 Å². The molecular weight excluding hydrogens is 487 g/mol. The molecule has 0 spiro atoms. The lowest BCUT2D eigenvalue weighted by Crippen LogP contribution is -2.68. The third-order valence-corrected chi connectivity index (χ3v) is 13.7. The Balaban J connectivity index is 1.64. The van der Waals surface area contributed by atoms with E-state index in [4.69, 9.17) is 0 Å². The summed E-state index contributed by atoms with van der Waals surface area (Å²) in [6.07, 6.45) is 0. The Morgan fingerprint density at radius 1 is 0.385 bits per heavy atom. The highest BCUT2D eigenvalue weighted by Crippen LogP contribution is 2.50. The number of aromatic nitrogens is 1. The zero-order valence-electron chi connectivity index (χ0n) is 21.5. The van der Waals surface area contributed by atoms with Crippen LogP contribution in [-0.2, 0) is 0 Å². The first-order valence-corrected chi connectivity index (χ1v) is 15.7. The zero-order chi connectivity index (χ0) is 25.8. The molecule has 0 unspecified atom stereocenters. The molecule has 0 fully saturated rings. The molecule has 0 atom stereocenters. The second kappa shape index (κ2) is 8.69. The van der Waals surface area contributed by atoms with Crippen molar-refractivity contribution in [2.45, 2.75) is 5.54 Å². The molecule has 2 heteroatoms. The van der Waals surface area contributed by atoms with Crippen molar-refractivity contribution in [3.63, 3.8) is 0 Å². The number of para-hydroxylation sites is 2. The van der Waals surface area contributed by atoms with E-state index in [9.17, 15) is 0 Å². The molecule has 0 saturated heterocycles. The van der Waals surface area contributed by atoms with Gasteiger partial charge in [0, 0.05) is 27.3 Å². The predicted molar refractivity (Wildman–Crippen MR) is 166 cm³/mol. The van der Waals surface area contributed by atoms with Crippen molar-refractivity contribution in [1.29, 1.82) is 0 Å². The normalized spacial score (nSPS) is 13.0. The zero-order valence-corrected chi connectivity index (χ0v) is 22.5. The van der Waals surface area contributed by atoms with E-state index >= 15 is 0 Å². The van der Waals surface area contributed by atoms with E-state index in [0.29, 0.717) is 0 Å². The van der Waals surface area contributed by atoms with Crippen LogP contribution in [0, 0.1) is 0 Å². The molecule has 6 aromatic carbocycles. The van der Waals surface area contributed by atoms with Gasteiger partial charge in [0.15, 0.2) is 0 Å². The Bertz CT molecular complexity index is 1830. The number of nitrogens with zero attached hydrogens (tertiary/aromatic N) is 1. The fraction of sp³-hybridized carbons (Fsp3) is 0.0270. The van der Waals surface area contributed by atoms with E-state index < -0.39 is 8.24 Å². The van der Waals surface area contributed by atoms with Gasteiger partial charge in [0.05, 0.1) is 0 Å². The third kappa shape index (κ3) is 3.07. The number of hydrogen-bond acceptors (Lipinski definition) is 0. The summed E-state index contributed by atoms with van der Waals surface area (Å²) in [6, 6.07) is 58.9. The molecule has 1 aromatic heterocycles. The Morgan fingerprint density at radius 3 is 1.26 bits per heavy atom. The van der Waals surface area contributed by atoms with Crippen LogP contribution in [0.4, 0.5) is 0 Å². The Hall–Kier alpha value is -4.66. The molecule has 0 N–H and O–H groups in total. The van der Waals surface area contributed by atoms with Gasteiger partial charge in [0.1, 0.15) is 0 Å². The summed E-state index contributed by atoms with van der Waals surface area (Å²) in [7, 11) is -2.85. The molecule has 0 bridgehead atoms. The van der Waals surface area contributed by atoms with Gasteiger partial charge in [-0.1, -0.05) is 146 Å². The summed E-state index contributed by atoms with van der Waals surface area (Å²) in [5.41, 5.74) is 8.40. The molecule has 1 heterocycles. The summed E-state index contributed by atoms with van der Waals surface area (Å²) in [6.45, 7) is 0. The summed E-state index contributed by atoms with van der Waals surface area (Å²) in [4.78, 5) is 0. The highest BCUT2D eigenvalue weighted by atomic mass is 28.3. The molecule has 1 aliphatic carbocycles. The van der Waals surface area contributed by atoms with Crippen LogP contribution in [0.25, 0.3) is 32.9 Å². The lowest BCUT2D eigenvalue weighted by Gasteiger charge is -2.41. The molecule has 8 rings (SSSR count). The van der Waals surface area contributed by atoms with Gasteiger partial charge in [-0.05, 0) is 44.8 Å². The van der Waals surface area contributed by atoms with E-state index in [1.807, 2.05) is 0 Å². The average Bonchev–Trinajstić information content (AvgIpc) is 3.53. The van der Waals surface area contributed by atoms with Gasteiger partial charge in [-0.25, -0.2) is 0 Å². The largest absolute Gasteiger partial charge is 0.358 e. The number of benzene rings is 6. The van der Waals surface area contributed by atoms with E-state index in [1.165, 1.54) is 54.4 Å². The standard InChI is InChI=1S/C37H27NSi/c1-3-15-27(16-4-1)39(28-17-5-2-6-18-28,37-33-23-9-7-19-29(33)30-20-8-10-24-34(30)37)38-35-25-13-11-21-31(35)32-22-12-14-26-36(32)38/h1-26,37H. The second-order valence-electron chi connectivity index (χ2n) is 10.5. The minimum absolute atomic E-state index is 0.203. The van der Waals surface area contributed by atoms with Crippen LogP contribution < -0.4 is 10.4 Å². The molecule has 184 valence electrons. The maximum atomic E-state index is 2.78. The molecule has 7 aromatic rings. The van der Waals surface area contributed by atoms with Crippen LogP contribution in [0.3, 0.4) is 0 Å². The van der Waals surface area contributed by atoms with Crippen LogP contribution in [0.5, 0.6) is 0 Å². The molecule has 39 heavy (non-hydrogen) atoms. The van der Waals surface area contributed by atoms with Crippen LogP contribution in [0.1, 0.15) is 16.7 Å². The van der Waals surface area contributed by atoms with Crippen molar-refractivity contribution >= 4 is 40.4 Å². The number of fused-ring (bicyclic) bond motifs is 6. The second-order valence-corrected chi connectivity index (χ2v) is 14.2. The molecule has 0 aliphatic heterocycles. The first kappa shape index (κ1) is 22.3. The van der Waals surface area contributed by atoms with Crippen molar-refractivity contribution in [1.82, 2.24) is 4.23 Å². The molecular formula is C37H27NSi. The van der Waals surface area contributed by atoms with Crippen molar-refractivity contribution in [3.8, 4) is 11.1 Å². The van der Waals surface area contributed by atoms with Crippen molar-refractivity contribution in [2.75, 3.05) is 0 Å². The average molecular weight is 514 g/mol. The van der Waals surface area contributed by atoms with Crippen LogP contribution in [-0.4, -0.2) is 12.5 Å². The molecule has 0 radical (unpaired) electrons. The fourth-order valence-corrected chi connectivity index (χ4v) is 12.9. The first-order valence-electron chi connectivity index (χ1n) is 13.7. The van der Waals surface area contributed by atoms with Gasteiger partial charge in [-0.3, -0.25) is 0 Å². The maximum Gasteiger partial charge on any atom is 0.237 e. The Labute approximate surface area is 229 Å². The molecule has 0 amide bonds. The van der Waals surface area contributed by atoms with Crippen LogP contribution >= 0.6 is 0 Å². The van der Waals surface area contributed by atoms with Gasteiger partial charge >= 0.3 is 0 Å². The summed E-state index contributed by atoms with van der Waals surface area (Å²) in [5.74, 6) is 0. The minimum atomic E-state index is -2.85. The van der Waals surface area contributed by atoms with E-state index in [0.717, 1.165) is 0 Å². The maximum absolute atomic E-state index is 2.85. The van der Waals surface area contributed by atoms with Crippen molar-refractivity contribution < 1.29 is 0 Å². The number of rotatable bonds is 4. The topological polar surface area (TPSA) is 4.93 Å². The van der Waals surface area contributed by atoms with E-state index in [1.54, 1.807) is 0 Å². The van der Waals surface area contributed by atoms with Gasteiger partial charge in [-0.2, -0.15) is 0 Å². The highest BCUT2D eigenvalue weighted by Gasteiger charge is 2.53. The Kier molecular flexibility index (Phi) is 4.98. The monoisotopic (exact) mass is 513 g/mol. The SMILES string of the molecule is c1ccc([Si](c2ccccc2)(C2c3ccccc3-c3ccccc32)n2c3ccccc3c3ccccc32)cc1. The number of hydrogen-bond donors (Lipinski definition) is 0. The van der Waals surface area contributed by atoms with Crippen molar-refractivity contribution in [3.05, 3.63) is 169 Å². The van der Waals surface area contributed by atoms with Crippen LogP contribution in [0.2, 0.25) is 0 Å². The summed E-state index contributed by atoms with van der Waals surface area (Å²) >= 11 is 0. The molecule has 1 nitrogen and oxygen atoms in total. The lowest BCUT2D eigenvalue weighted by molar-refractivity contribution is 1.08. The lowest BCUT2D eigenvalue weighted by atomic mass is 10.1. The van der Waals surface area contributed by atoms with E-state index in [-0.39, 0.29) is 5.54 Å². The quantitative estimate of drug-likeness (QED) is 0.212. The molecule has 0 saturated carbocycles. The smallest absolute Gasteiger partial charge is 0.237 e. The van der Waals surface area contributed by atoms with Gasteiger partial charge in [0.2, 0.25) is 8.24 Å². The summed E-state index contributed by atoms with van der Waals surface area (Å²) in [5, 5.41) is 5.46. The van der Waals surface area contributed by atoms with Crippen molar-refractivity contribution in [2.24, 2.45) is 0 Å². The van der Waals surface area contributed by atoms with Gasteiger partial charge in [-0.15, -0.1) is 0 Å². The third-order valence-electron chi connectivity index (χ3n) is 8.61. The Morgan fingerprint density at radius 2 is 0.769 bits per heavy atom. The minimum Gasteiger partial charge on any atom is -0.358 e.